The number of anilines is 2. The Hall–Kier alpha value is -3.07. The van der Waals surface area contributed by atoms with Gasteiger partial charge in [-0.25, -0.2) is 4.98 Å². The Labute approximate surface area is 157 Å². The molecular weight excluding hydrogens is 398 g/mol. The van der Waals surface area contributed by atoms with E-state index in [1.807, 2.05) is 37.3 Å². The molecule has 1 aliphatic rings. The third-order valence-corrected chi connectivity index (χ3v) is 4.58. The van der Waals surface area contributed by atoms with Gasteiger partial charge in [-0.1, -0.05) is 39.2 Å². The van der Waals surface area contributed by atoms with Crippen molar-refractivity contribution < 1.29 is 4.79 Å². The summed E-state index contributed by atoms with van der Waals surface area (Å²) >= 11 is 3.43. The zero-order valence-electron chi connectivity index (χ0n) is 13.7. The number of fused-ring (bicyclic) bond motifs is 1. The van der Waals surface area contributed by atoms with Gasteiger partial charge >= 0.3 is 0 Å². The maximum Gasteiger partial charge on any atom is 0.257 e. The number of halogens is 1. The van der Waals surface area contributed by atoms with Crippen molar-refractivity contribution in [2.45, 2.75) is 13.0 Å². The number of benzene rings is 1. The molecule has 8 nitrogen and oxygen atoms in total. The van der Waals surface area contributed by atoms with Gasteiger partial charge in [-0.2, -0.15) is 4.68 Å². The Morgan fingerprint density at radius 1 is 1.23 bits per heavy atom. The SMILES string of the molecule is CC1=C(C(=O)Nc2ccccn2)[C@H](c2ccc(Br)cc2)n2nnnc2N1. The number of pyridine rings is 1. The van der Waals surface area contributed by atoms with Crippen LogP contribution in [0.25, 0.3) is 0 Å². The number of tetrazole rings is 1. The van der Waals surface area contributed by atoms with Gasteiger partial charge in [0.15, 0.2) is 0 Å². The second-order valence-corrected chi connectivity index (χ2v) is 6.65. The van der Waals surface area contributed by atoms with E-state index in [0.29, 0.717) is 23.0 Å². The lowest BCUT2D eigenvalue weighted by atomic mass is 9.95. The smallest absolute Gasteiger partial charge is 0.257 e. The van der Waals surface area contributed by atoms with Crippen LogP contribution in [0, 0.1) is 0 Å². The first-order valence-corrected chi connectivity index (χ1v) is 8.66. The first-order valence-electron chi connectivity index (χ1n) is 7.87. The summed E-state index contributed by atoms with van der Waals surface area (Å²) in [6.45, 7) is 1.83. The minimum Gasteiger partial charge on any atom is -0.326 e. The van der Waals surface area contributed by atoms with E-state index in [0.717, 1.165) is 10.0 Å². The van der Waals surface area contributed by atoms with E-state index < -0.39 is 6.04 Å². The second-order valence-electron chi connectivity index (χ2n) is 5.73. The Kier molecular flexibility index (Phi) is 4.21. The summed E-state index contributed by atoms with van der Waals surface area (Å²) in [7, 11) is 0. The molecule has 2 aromatic heterocycles. The summed E-state index contributed by atoms with van der Waals surface area (Å²) in [4.78, 5) is 17.2. The third kappa shape index (κ3) is 2.97. The van der Waals surface area contributed by atoms with E-state index in [1.165, 1.54) is 0 Å². The molecule has 0 fully saturated rings. The molecule has 0 unspecified atom stereocenters. The molecule has 26 heavy (non-hydrogen) atoms. The van der Waals surface area contributed by atoms with Crippen LogP contribution in [-0.2, 0) is 4.79 Å². The normalized spacial score (nSPS) is 16.0. The average molecular weight is 412 g/mol. The summed E-state index contributed by atoms with van der Waals surface area (Å²) in [6, 6.07) is 12.6. The van der Waals surface area contributed by atoms with E-state index >= 15 is 0 Å². The van der Waals surface area contributed by atoms with Crippen molar-refractivity contribution in [3.05, 3.63) is 70.0 Å². The van der Waals surface area contributed by atoms with Crippen LogP contribution >= 0.6 is 15.9 Å². The number of nitrogens with zero attached hydrogens (tertiary/aromatic N) is 5. The maximum atomic E-state index is 13.0. The molecule has 0 spiro atoms. The van der Waals surface area contributed by atoms with E-state index in [2.05, 4.69) is 47.1 Å². The number of nitrogens with one attached hydrogen (secondary N) is 2. The predicted octanol–water partition coefficient (Wildman–Crippen LogP) is 2.76. The Balaban J connectivity index is 1.77. The van der Waals surface area contributed by atoms with Gasteiger partial charge in [-0.15, -0.1) is 0 Å². The minimum absolute atomic E-state index is 0.261. The van der Waals surface area contributed by atoms with Crippen LogP contribution < -0.4 is 10.6 Å². The van der Waals surface area contributed by atoms with Gasteiger partial charge in [0.2, 0.25) is 5.95 Å². The Bertz CT molecular complexity index is 982. The van der Waals surface area contributed by atoms with Crippen LogP contribution in [0.4, 0.5) is 11.8 Å². The lowest BCUT2D eigenvalue weighted by molar-refractivity contribution is -0.113. The van der Waals surface area contributed by atoms with Crippen LogP contribution in [-0.4, -0.2) is 31.1 Å². The van der Waals surface area contributed by atoms with Gasteiger partial charge in [0.25, 0.3) is 5.91 Å². The van der Waals surface area contributed by atoms with Crippen LogP contribution in [0.3, 0.4) is 0 Å². The monoisotopic (exact) mass is 411 g/mol. The van der Waals surface area contributed by atoms with Gasteiger partial charge in [0, 0.05) is 16.4 Å². The lowest BCUT2D eigenvalue weighted by Crippen LogP contribution is -2.31. The average Bonchev–Trinajstić information content (AvgIpc) is 3.10. The zero-order valence-corrected chi connectivity index (χ0v) is 15.3. The highest BCUT2D eigenvalue weighted by Crippen LogP contribution is 2.35. The number of carbonyl (C=O) groups excluding carboxylic acids is 1. The summed E-state index contributed by atoms with van der Waals surface area (Å²) in [5.74, 6) is 0.711. The van der Waals surface area contributed by atoms with Crippen molar-refractivity contribution in [3.63, 3.8) is 0 Å². The van der Waals surface area contributed by atoms with Crippen LogP contribution in [0.2, 0.25) is 0 Å². The summed E-state index contributed by atoms with van der Waals surface area (Å²) in [5, 5.41) is 17.7. The zero-order chi connectivity index (χ0) is 18.1. The molecule has 0 radical (unpaired) electrons. The van der Waals surface area contributed by atoms with Gasteiger partial charge in [0.05, 0.1) is 5.57 Å². The molecule has 0 bridgehead atoms. The molecule has 0 saturated carbocycles. The number of carbonyl (C=O) groups is 1. The van der Waals surface area contributed by atoms with Crippen molar-refractivity contribution in [1.82, 2.24) is 25.2 Å². The first-order chi connectivity index (χ1) is 12.6. The predicted molar refractivity (Wildman–Crippen MR) is 99.3 cm³/mol. The van der Waals surface area contributed by atoms with Gasteiger partial charge < -0.3 is 10.6 Å². The largest absolute Gasteiger partial charge is 0.326 e. The molecular formula is C17H14BrN7O. The van der Waals surface area contributed by atoms with Crippen LogP contribution in [0.5, 0.6) is 0 Å². The number of aromatic nitrogens is 5. The molecule has 1 atom stereocenters. The molecule has 1 amide bonds. The number of rotatable bonds is 3. The number of amides is 1. The molecule has 3 heterocycles. The number of hydrogen-bond acceptors (Lipinski definition) is 6. The van der Waals surface area contributed by atoms with Crippen molar-refractivity contribution in [1.29, 1.82) is 0 Å². The fourth-order valence-electron chi connectivity index (χ4n) is 2.88. The Morgan fingerprint density at radius 2 is 2.04 bits per heavy atom. The number of hydrogen-bond donors (Lipinski definition) is 2. The van der Waals surface area contributed by atoms with Crippen molar-refractivity contribution in [2.75, 3.05) is 10.6 Å². The minimum atomic E-state index is -0.446. The molecule has 1 aromatic carbocycles. The van der Waals surface area contributed by atoms with Crippen molar-refractivity contribution in [2.24, 2.45) is 0 Å². The summed E-state index contributed by atoms with van der Waals surface area (Å²) in [5.41, 5.74) is 2.11. The highest BCUT2D eigenvalue weighted by atomic mass is 79.9. The van der Waals surface area contributed by atoms with E-state index in [9.17, 15) is 4.79 Å². The van der Waals surface area contributed by atoms with Gasteiger partial charge in [0.1, 0.15) is 11.9 Å². The van der Waals surface area contributed by atoms with Crippen molar-refractivity contribution >= 4 is 33.6 Å². The third-order valence-electron chi connectivity index (χ3n) is 4.05. The highest BCUT2D eigenvalue weighted by molar-refractivity contribution is 9.10. The Morgan fingerprint density at radius 3 is 2.77 bits per heavy atom. The van der Waals surface area contributed by atoms with E-state index in [1.54, 1.807) is 23.0 Å². The summed E-state index contributed by atoms with van der Waals surface area (Å²) in [6.07, 6.45) is 1.63. The maximum absolute atomic E-state index is 13.0. The first kappa shape index (κ1) is 16.4. The molecule has 3 aromatic rings. The molecule has 0 aliphatic carbocycles. The van der Waals surface area contributed by atoms with Crippen LogP contribution in [0.15, 0.2) is 64.4 Å². The molecule has 0 saturated heterocycles. The quantitative estimate of drug-likeness (QED) is 0.687. The lowest BCUT2D eigenvalue weighted by Gasteiger charge is -2.27. The van der Waals surface area contributed by atoms with Gasteiger partial charge in [-0.05, 0) is 47.2 Å². The topological polar surface area (TPSA) is 97.6 Å². The molecule has 9 heteroatoms. The van der Waals surface area contributed by atoms with Crippen molar-refractivity contribution in [3.8, 4) is 0 Å². The molecule has 2 N–H and O–H groups in total. The summed E-state index contributed by atoms with van der Waals surface area (Å²) < 4.78 is 2.55. The fraction of sp³-hybridized carbons (Fsp3) is 0.118. The molecule has 130 valence electrons. The fourth-order valence-corrected chi connectivity index (χ4v) is 3.14. The van der Waals surface area contributed by atoms with E-state index in [4.69, 9.17) is 0 Å². The molecule has 4 rings (SSSR count). The van der Waals surface area contributed by atoms with Crippen LogP contribution in [0.1, 0.15) is 18.5 Å². The van der Waals surface area contributed by atoms with Gasteiger partial charge in [-0.3, -0.25) is 4.79 Å². The highest BCUT2D eigenvalue weighted by Gasteiger charge is 2.34. The molecule has 1 aliphatic heterocycles. The van der Waals surface area contributed by atoms with E-state index in [-0.39, 0.29) is 5.91 Å². The number of allylic oxidation sites excluding steroid dienone is 1. The standard InChI is InChI=1S/C17H14BrN7O/c1-10-14(16(26)21-13-4-2-3-9-19-13)15(11-5-7-12(18)8-6-11)25-17(20-10)22-23-24-25/h2-9,15H,1H3,(H,19,21,26)(H,20,22,24)/t15-/m0/s1. The second kappa shape index (κ2) is 6.68.